The van der Waals surface area contributed by atoms with Gasteiger partial charge in [-0.25, -0.2) is 9.97 Å². The van der Waals surface area contributed by atoms with Crippen LogP contribution in [0.4, 0.5) is 11.5 Å². The summed E-state index contributed by atoms with van der Waals surface area (Å²) in [4.78, 5) is 22.9. The molecule has 1 aliphatic rings. The number of anilines is 2. The van der Waals surface area contributed by atoms with Crippen molar-refractivity contribution in [2.75, 3.05) is 23.3 Å². The van der Waals surface area contributed by atoms with Gasteiger partial charge in [0.05, 0.1) is 0 Å². The Morgan fingerprint density at radius 1 is 1.23 bits per heavy atom. The Morgan fingerprint density at radius 3 is 2.77 bits per heavy atom. The second-order valence-electron chi connectivity index (χ2n) is 5.37. The van der Waals surface area contributed by atoms with E-state index in [2.05, 4.69) is 20.2 Å². The number of aromatic nitrogens is 2. The molecular formula is C16H17ClN4O. The molecule has 2 heterocycles. The molecule has 114 valence electrons. The normalized spacial score (nSPS) is 14.2. The molecule has 1 saturated heterocycles. The standard InChI is InChI=1S/C16H17ClN4O/c1-11-4-5-12(17)8-13(11)20-16(22)14-9-15(19-10-18-14)21-6-2-3-7-21/h4-5,8-10H,2-3,6-7H2,1H3,(H,20,22). The molecule has 0 unspecified atom stereocenters. The third kappa shape index (κ3) is 3.20. The lowest BCUT2D eigenvalue weighted by atomic mass is 10.2. The number of carbonyl (C=O) groups excluding carboxylic acids is 1. The van der Waals surface area contributed by atoms with Crippen LogP contribution in [0.3, 0.4) is 0 Å². The predicted octanol–water partition coefficient (Wildman–Crippen LogP) is 3.29. The zero-order chi connectivity index (χ0) is 15.5. The first kappa shape index (κ1) is 14.8. The van der Waals surface area contributed by atoms with Crippen molar-refractivity contribution in [3.05, 3.63) is 46.9 Å². The highest BCUT2D eigenvalue weighted by Gasteiger charge is 2.16. The number of rotatable bonds is 3. The van der Waals surface area contributed by atoms with E-state index >= 15 is 0 Å². The van der Waals surface area contributed by atoms with E-state index in [1.807, 2.05) is 13.0 Å². The molecule has 5 nitrogen and oxygen atoms in total. The molecule has 0 atom stereocenters. The summed E-state index contributed by atoms with van der Waals surface area (Å²) in [7, 11) is 0. The van der Waals surface area contributed by atoms with Gasteiger partial charge in [0.2, 0.25) is 0 Å². The fraction of sp³-hybridized carbons (Fsp3) is 0.312. The first-order valence-electron chi connectivity index (χ1n) is 7.28. The molecule has 1 aromatic carbocycles. The molecule has 2 aromatic rings. The summed E-state index contributed by atoms with van der Waals surface area (Å²) < 4.78 is 0. The predicted molar refractivity (Wildman–Crippen MR) is 87.6 cm³/mol. The van der Waals surface area contributed by atoms with Crippen molar-refractivity contribution >= 4 is 29.0 Å². The van der Waals surface area contributed by atoms with Gasteiger partial charge in [0.15, 0.2) is 0 Å². The average molecular weight is 317 g/mol. The van der Waals surface area contributed by atoms with Crippen LogP contribution in [0.15, 0.2) is 30.6 Å². The quantitative estimate of drug-likeness (QED) is 0.944. The minimum absolute atomic E-state index is 0.256. The molecule has 1 aliphatic heterocycles. The molecule has 0 aliphatic carbocycles. The third-order valence-electron chi connectivity index (χ3n) is 3.76. The molecule has 0 bridgehead atoms. The van der Waals surface area contributed by atoms with E-state index in [1.165, 1.54) is 6.33 Å². The zero-order valence-corrected chi connectivity index (χ0v) is 13.1. The van der Waals surface area contributed by atoms with Gasteiger partial charge < -0.3 is 10.2 Å². The van der Waals surface area contributed by atoms with Crippen molar-refractivity contribution in [3.63, 3.8) is 0 Å². The number of nitrogens with zero attached hydrogens (tertiary/aromatic N) is 3. The number of carbonyl (C=O) groups is 1. The smallest absolute Gasteiger partial charge is 0.274 e. The Morgan fingerprint density at radius 2 is 2.00 bits per heavy atom. The molecule has 1 fully saturated rings. The van der Waals surface area contributed by atoms with Crippen LogP contribution >= 0.6 is 11.6 Å². The number of halogens is 1. The molecule has 1 N–H and O–H groups in total. The average Bonchev–Trinajstić information content (AvgIpc) is 3.05. The molecule has 1 aromatic heterocycles. The van der Waals surface area contributed by atoms with Crippen LogP contribution in [0, 0.1) is 6.92 Å². The number of aryl methyl sites for hydroxylation is 1. The van der Waals surface area contributed by atoms with Gasteiger partial charge in [0.25, 0.3) is 5.91 Å². The monoisotopic (exact) mass is 316 g/mol. The molecule has 6 heteroatoms. The van der Waals surface area contributed by atoms with Gasteiger partial charge in [-0.2, -0.15) is 0 Å². The fourth-order valence-electron chi connectivity index (χ4n) is 2.51. The van der Waals surface area contributed by atoms with Crippen LogP contribution in [0.5, 0.6) is 0 Å². The highest BCUT2D eigenvalue weighted by molar-refractivity contribution is 6.31. The minimum Gasteiger partial charge on any atom is -0.357 e. The fourth-order valence-corrected chi connectivity index (χ4v) is 2.68. The number of amides is 1. The van der Waals surface area contributed by atoms with Crippen LogP contribution in [-0.2, 0) is 0 Å². The van der Waals surface area contributed by atoms with Crippen LogP contribution in [0.1, 0.15) is 28.9 Å². The first-order valence-corrected chi connectivity index (χ1v) is 7.66. The van der Waals surface area contributed by atoms with E-state index in [0.29, 0.717) is 16.4 Å². The van der Waals surface area contributed by atoms with E-state index < -0.39 is 0 Å². The van der Waals surface area contributed by atoms with Gasteiger partial charge >= 0.3 is 0 Å². The van der Waals surface area contributed by atoms with Crippen LogP contribution in [0.25, 0.3) is 0 Å². The van der Waals surface area contributed by atoms with Crippen LogP contribution in [0.2, 0.25) is 5.02 Å². The Kier molecular flexibility index (Phi) is 4.24. The summed E-state index contributed by atoms with van der Waals surface area (Å²) in [5, 5.41) is 3.44. The van der Waals surface area contributed by atoms with Crippen molar-refractivity contribution in [1.29, 1.82) is 0 Å². The summed E-state index contributed by atoms with van der Waals surface area (Å²) in [6.07, 6.45) is 3.76. The minimum atomic E-state index is -0.256. The summed E-state index contributed by atoms with van der Waals surface area (Å²) in [6, 6.07) is 7.13. The Balaban J connectivity index is 1.80. The van der Waals surface area contributed by atoms with Gasteiger partial charge in [-0.1, -0.05) is 17.7 Å². The molecular weight excluding hydrogens is 300 g/mol. The molecule has 22 heavy (non-hydrogen) atoms. The second-order valence-corrected chi connectivity index (χ2v) is 5.81. The molecule has 0 saturated carbocycles. The van der Waals surface area contributed by atoms with Gasteiger partial charge in [0.1, 0.15) is 17.8 Å². The van der Waals surface area contributed by atoms with Gasteiger partial charge in [-0.3, -0.25) is 4.79 Å². The van der Waals surface area contributed by atoms with Gasteiger partial charge in [0, 0.05) is 29.9 Å². The van der Waals surface area contributed by atoms with Crippen molar-refractivity contribution in [3.8, 4) is 0 Å². The summed E-state index contributed by atoms with van der Waals surface area (Å²) in [6.45, 7) is 3.87. The van der Waals surface area contributed by atoms with Gasteiger partial charge in [-0.15, -0.1) is 0 Å². The second kappa shape index (κ2) is 6.32. The maximum absolute atomic E-state index is 12.4. The molecule has 3 rings (SSSR count). The van der Waals surface area contributed by atoms with Crippen LogP contribution in [-0.4, -0.2) is 29.0 Å². The lowest BCUT2D eigenvalue weighted by Crippen LogP contribution is -2.21. The van der Waals surface area contributed by atoms with Crippen molar-refractivity contribution < 1.29 is 4.79 Å². The maximum atomic E-state index is 12.4. The van der Waals surface area contributed by atoms with Crippen molar-refractivity contribution in [2.24, 2.45) is 0 Å². The highest BCUT2D eigenvalue weighted by Crippen LogP contribution is 2.22. The van der Waals surface area contributed by atoms with Crippen molar-refractivity contribution in [1.82, 2.24) is 9.97 Å². The SMILES string of the molecule is Cc1ccc(Cl)cc1NC(=O)c1cc(N2CCCC2)ncn1. The summed E-state index contributed by atoms with van der Waals surface area (Å²) in [5.74, 6) is 0.550. The van der Waals surface area contributed by atoms with E-state index in [1.54, 1.807) is 18.2 Å². The Hall–Kier alpha value is -2.14. The number of hydrogen-bond donors (Lipinski definition) is 1. The van der Waals surface area contributed by atoms with E-state index in [9.17, 15) is 4.79 Å². The highest BCUT2D eigenvalue weighted by atomic mass is 35.5. The first-order chi connectivity index (χ1) is 10.6. The summed E-state index contributed by atoms with van der Waals surface area (Å²) >= 11 is 5.97. The Bertz CT molecular complexity index is 698. The Labute approximate surface area is 134 Å². The van der Waals surface area contributed by atoms with Crippen molar-refractivity contribution in [2.45, 2.75) is 19.8 Å². The number of benzene rings is 1. The van der Waals surface area contributed by atoms with Crippen LogP contribution < -0.4 is 10.2 Å². The van der Waals surface area contributed by atoms with E-state index in [0.717, 1.165) is 37.3 Å². The largest absolute Gasteiger partial charge is 0.357 e. The van der Waals surface area contributed by atoms with Gasteiger partial charge in [-0.05, 0) is 37.5 Å². The lowest BCUT2D eigenvalue weighted by molar-refractivity contribution is 0.102. The maximum Gasteiger partial charge on any atom is 0.274 e. The molecule has 0 radical (unpaired) electrons. The topological polar surface area (TPSA) is 58.1 Å². The lowest BCUT2D eigenvalue weighted by Gasteiger charge is -2.16. The van der Waals surface area contributed by atoms with E-state index in [4.69, 9.17) is 11.6 Å². The molecule has 0 spiro atoms. The number of nitrogens with one attached hydrogen (secondary N) is 1. The third-order valence-corrected chi connectivity index (χ3v) is 4.00. The number of hydrogen-bond acceptors (Lipinski definition) is 4. The molecule has 1 amide bonds. The van der Waals surface area contributed by atoms with E-state index in [-0.39, 0.29) is 5.91 Å². The zero-order valence-electron chi connectivity index (χ0n) is 12.3. The summed E-state index contributed by atoms with van der Waals surface area (Å²) in [5.41, 5.74) is 2.00.